The first-order chi connectivity index (χ1) is 11.8. The number of nitrogens with one attached hydrogen (secondary N) is 1. The zero-order chi connectivity index (χ0) is 16.6. The Morgan fingerprint density at radius 2 is 1.88 bits per heavy atom. The van der Waals surface area contributed by atoms with E-state index in [2.05, 4.69) is 29.6 Å². The lowest BCUT2D eigenvalue weighted by Gasteiger charge is -2.15. The van der Waals surface area contributed by atoms with Gasteiger partial charge in [0.15, 0.2) is 0 Å². The van der Waals surface area contributed by atoms with Crippen LogP contribution in [0.2, 0.25) is 0 Å². The standard InChI is InChI=1S/C20H19NO3/c22-20(21-14-19-15-23-11-12-24-19)10-9-16-5-4-8-18(13-16)17-6-2-1-3-7-17/h1-10,13,15H,11-12,14H2,(H,21,22)/b10-9-. The molecule has 0 saturated carbocycles. The lowest BCUT2D eigenvalue weighted by atomic mass is 10.0. The third kappa shape index (κ3) is 4.49. The van der Waals surface area contributed by atoms with E-state index < -0.39 is 0 Å². The highest BCUT2D eigenvalue weighted by molar-refractivity contribution is 5.92. The van der Waals surface area contributed by atoms with Gasteiger partial charge in [-0.15, -0.1) is 0 Å². The molecule has 122 valence electrons. The predicted octanol–water partition coefficient (Wildman–Crippen LogP) is 3.37. The van der Waals surface area contributed by atoms with Crippen LogP contribution in [0.3, 0.4) is 0 Å². The highest BCUT2D eigenvalue weighted by Crippen LogP contribution is 2.20. The quantitative estimate of drug-likeness (QED) is 0.859. The Morgan fingerprint density at radius 3 is 2.67 bits per heavy atom. The summed E-state index contributed by atoms with van der Waals surface area (Å²) in [5.41, 5.74) is 3.25. The van der Waals surface area contributed by atoms with Gasteiger partial charge in [0.25, 0.3) is 0 Å². The Bertz CT molecular complexity index is 750. The summed E-state index contributed by atoms with van der Waals surface area (Å²) in [5.74, 6) is 0.462. The molecule has 0 atom stereocenters. The average molecular weight is 321 g/mol. The molecule has 0 fully saturated rings. The van der Waals surface area contributed by atoms with E-state index in [-0.39, 0.29) is 5.91 Å². The summed E-state index contributed by atoms with van der Waals surface area (Å²) in [7, 11) is 0. The number of hydrogen-bond acceptors (Lipinski definition) is 3. The first-order valence-electron chi connectivity index (χ1n) is 7.86. The van der Waals surface area contributed by atoms with E-state index in [9.17, 15) is 4.79 Å². The lowest BCUT2D eigenvalue weighted by molar-refractivity contribution is -0.116. The van der Waals surface area contributed by atoms with Crippen LogP contribution in [-0.2, 0) is 14.3 Å². The fraction of sp³-hybridized carbons (Fsp3) is 0.150. The Balaban J connectivity index is 1.60. The van der Waals surface area contributed by atoms with Crippen LogP contribution >= 0.6 is 0 Å². The zero-order valence-electron chi connectivity index (χ0n) is 13.3. The van der Waals surface area contributed by atoms with E-state index in [0.717, 1.165) is 16.7 Å². The third-order valence-corrected chi connectivity index (χ3v) is 3.56. The molecule has 1 N–H and O–H groups in total. The number of carbonyl (C=O) groups is 1. The SMILES string of the molecule is O=C(/C=C\c1cccc(-c2ccccc2)c1)NCC1=COCCO1. The maximum Gasteiger partial charge on any atom is 0.244 e. The lowest BCUT2D eigenvalue weighted by Crippen LogP contribution is -2.26. The summed E-state index contributed by atoms with van der Waals surface area (Å²) < 4.78 is 10.5. The van der Waals surface area contributed by atoms with Crippen LogP contribution in [0, 0.1) is 0 Å². The number of hydrogen-bond donors (Lipinski definition) is 1. The van der Waals surface area contributed by atoms with Crippen molar-refractivity contribution in [1.82, 2.24) is 5.32 Å². The molecule has 0 saturated heterocycles. The molecule has 4 heteroatoms. The Kier molecular flexibility index (Phi) is 5.30. The highest BCUT2D eigenvalue weighted by atomic mass is 16.6. The van der Waals surface area contributed by atoms with Crippen LogP contribution in [0.5, 0.6) is 0 Å². The second-order valence-corrected chi connectivity index (χ2v) is 5.35. The minimum Gasteiger partial charge on any atom is -0.494 e. The maximum absolute atomic E-state index is 11.9. The van der Waals surface area contributed by atoms with Crippen LogP contribution in [0.4, 0.5) is 0 Å². The van der Waals surface area contributed by atoms with Gasteiger partial charge in [-0.1, -0.05) is 48.5 Å². The molecule has 4 nitrogen and oxygen atoms in total. The molecule has 1 aliphatic rings. The van der Waals surface area contributed by atoms with Crippen molar-refractivity contribution in [2.75, 3.05) is 19.8 Å². The minimum atomic E-state index is -0.171. The molecule has 2 aromatic carbocycles. The summed E-state index contributed by atoms with van der Waals surface area (Å²) in [6.45, 7) is 1.39. The maximum atomic E-state index is 11.9. The van der Waals surface area contributed by atoms with Gasteiger partial charge < -0.3 is 14.8 Å². The number of ether oxygens (including phenoxy) is 2. The van der Waals surface area contributed by atoms with Crippen molar-refractivity contribution in [2.45, 2.75) is 0 Å². The second-order valence-electron chi connectivity index (χ2n) is 5.35. The van der Waals surface area contributed by atoms with Crippen molar-refractivity contribution in [3.63, 3.8) is 0 Å². The normalized spacial score (nSPS) is 13.8. The van der Waals surface area contributed by atoms with E-state index in [1.807, 2.05) is 30.3 Å². The van der Waals surface area contributed by atoms with E-state index in [4.69, 9.17) is 9.47 Å². The smallest absolute Gasteiger partial charge is 0.244 e. The monoisotopic (exact) mass is 321 g/mol. The van der Waals surface area contributed by atoms with E-state index in [0.29, 0.717) is 25.5 Å². The van der Waals surface area contributed by atoms with Crippen molar-refractivity contribution in [2.24, 2.45) is 0 Å². The zero-order valence-corrected chi connectivity index (χ0v) is 13.3. The van der Waals surface area contributed by atoms with Crippen LogP contribution < -0.4 is 5.32 Å². The molecule has 0 aromatic heterocycles. The van der Waals surface area contributed by atoms with Crippen LogP contribution in [0.1, 0.15) is 5.56 Å². The summed E-state index contributed by atoms with van der Waals surface area (Å²) in [6.07, 6.45) is 4.86. The summed E-state index contributed by atoms with van der Waals surface area (Å²) in [6, 6.07) is 18.2. The van der Waals surface area contributed by atoms with Crippen molar-refractivity contribution in [1.29, 1.82) is 0 Å². The fourth-order valence-electron chi connectivity index (χ4n) is 2.36. The molecule has 2 aromatic rings. The van der Waals surface area contributed by atoms with E-state index >= 15 is 0 Å². The first kappa shape index (κ1) is 15.9. The molecule has 0 spiro atoms. The molecule has 3 rings (SSSR count). The second kappa shape index (κ2) is 8.02. The van der Waals surface area contributed by atoms with E-state index in [1.54, 1.807) is 6.08 Å². The molecular weight excluding hydrogens is 302 g/mol. The first-order valence-corrected chi connectivity index (χ1v) is 7.86. The van der Waals surface area contributed by atoms with Gasteiger partial charge in [-0.2, -0.15) is 0 Å². The van der Waals surface area contributed by atoms with Gasteiger partial charge in [0.2, 0.25) is 5.91 Å². The number of amides is 1. The van der Waals surface area contributed by atoms with Gasteiger partial charge in [0.1, 0.15) is 25.2 Å². The van der Waals surface area contributed by atoms with Crippen molar-refractivity contribution in [3.8, 4) is 11.1 Å². The molecule has 1 amide bonds. The Hall–Kier alpha value is -3.01. The van der Waals surface area contributed by atoms with Gasteiger partial charge in [0, 0.05) is 6.08 Å². The largest absolute Gasteiger partial charge is 0.494 e. The molecule has 0 bridgehead atoms. The highest BCUT2D eigenvalue weighted by Gasteiger charge is 2.05. The number of carbonyl (C=O) groups excluding carboxylic acids is 1. The van der Waals surface area contributed by atoms with Crippen LogP contribution in [0.15, 0.2) is 72.7 Å². The fourth-order valence-corrected chi connectivity index (χ4v) is 2.36. The molecular formula is C20H19NO3. The average Bonchev–Trinajstić information content (AvgIpc) is 2.66. The Labute approximate surface area is 141 Å². The molecule has 24 heavy (non-hydrogen) atoms. The number of rotatable bonds is 5. The topological polar surface area (TPSA) is 47.6 Å². The molecule has 0 aliphatic carbocycles. The van der Waals surface area contributed by atoms with Gasteiger partial charge in [0.05, 0.1) is 6.54 Å². The number of benzene rings is 2. The molecule has 1 aliphatic heterocycles. The Morgan fingerprint density at radius 1 is 1.04 bits per heavy atom. The molecule has 0 unspecified atom stereocenters. The molecule has 1 heterocycles. The van der Waals surface area contributed by atoms with Gasteiger partial charge in [-0.05, 0) is 28.8 Å². The van der Waals surface area contributed by atoms with Crippen molar-refractivity contribution in [3.05, 3.63) is 78.3 Å². The van der Waals surface area contributed by atoms with Crippen LogP contribution in [-0.4, -0.2) is 25.7 Å². The summed E-state index contributed by atoms with van der Waals surface area (Å²) in [4.78, 5) is 11.9. The van der Waals surface area contributed by atoms with Gasteiger partial charge in [-0.25, -0.2) is 0 Å². The summed E-state index contributed by atoms with van der Waals surface area (Å²) >= 11 is 0. The molecule has 0 radical (unpaired) electrons. The summed E-state index contributed by atoms with van der Waals surface area (Å²) in [5, 5.41) is 2.77. The minimum absolute atomic E-state index is 0.171. The van der Waals surface area contributed by atoms with Crippen molar-refractivity contribution < 1.29 is 14.3 Å². The van der Waals surface area contributed by atoms with Gasteiger partial charge >= 0.3 is 0 Å². The predicted molar refractivity (Wildman–Crippen MR) is 93.9 cm³/mol. The van der Waals surface area contributed by atoms with E-state index in [1.165, 1.54) is 12.3 Å². The van der Waals surface area contributed by atoms with Gasteiger partial charge in [-0.3, -0.25) is 4.79 Å². The third-order valence-electron chi connectivity index (χ3n) is 3.56. The van der Waals surface area contributed by atoms with Crippen molar-refractivity contribution >= 4 is 12.0 Å². The van der Waals surface area contributed by atoms with Crippen LogP contribution in [0.25, 0.3) is 17.2 Å².